The zero-order valence-electron chi connectivity index (χ0n) is 24.2. The van der Waals surface area contributed by atoms with Crippen molar-refractivity contribution in [2.24, 2.45) is 5.92 Å². The van der Waals surface area contributed by atoms with Crippen LogP contribution in [0.15, 0.2) is 24.5 Å². The summed E-state index contributed by atoms with van der Waals surface area (Å²) < 4.78 is 107. The zero-order chi connectivity index (χ0) is 35.2. The van der Waals surface area contributed by atoms with Crippen molar-refractivity contribution in [2.75, 3.05) is 46.5 Å². The molecule has 3 rings (SSSR count). The highest BCUT2D eigenvalue weighted by molar-refractivity contribution is 5.73. The second kappa shape index (κ2) is 18.1. The SMILES string of the molecule is CC(C)N(C)CC1COC2(COCCN(Cc3cccnc3)C2)C1.O=C(O)C(F)(F)F.O=C(O)C(F)(F)F.O=C(O)C(F)(F)F. The van der Waals surface area contributed by atoms with Crippen LogP contribution < -0.4 is 0 Å². The van der Waals surface area contributed by atoms with Crippen LogP contribution in [0.4, 0.5) is 39.5 Å². The monoisotopic (exact) mass is 675 g/mol. The number of ether oxygens (including phenoxy) is 2. The number of carboxylic acid groups (broad SMARTS) is 3. The zero-order valence-corrected chi connectivity index (χ0v) is 24.2. The van der Waals surface area contributed by atoms with E-state index in [9.17, 15) is 39.5 Å². The summed E-state index contributed by atoms with van der Waals surface area (Å²) in [5.74, 6) is -7.67. The van der Waals surface area contributed by atoms with Gasteiger partial charge in [-0.15, -0.1) is 0 Å². The molecule has 1 aromatic heterocycles. The summed E-state index contributed by atoms with van der Waals surface area (Å²) in [7, 11) is 2.20. The fourth-order valence-corrected chi connectivity index (χ4v) is 3.75. The molecule has 3 heterocycles. The average Bonchev–Trinajstić information content (AvgIpc) is 3.17. The number of aromatic nitrogens is 1. The molecule has 20 heteroatoms. The molecule has 2 saturated heterocycles. The number of hydrogen-bond donors (Lipinski definition) is 3. The summed E-state index contributed by atoms with van der Waals surface area (Å²) >= 11 is 0. The molecule has 2 aliphatic heterocycles. The molecular weight excluding hydrogens is 641 g/mol. The number of carbonyl (C=O) groups is 3. The van der Waals surface area contributed by atoms with Gasteiger partial charge in [0.15, 0.2) is 0 Å². The number of pyridine rings is 1. The van der Waals surface area contributed by atoms with Crippen molar-refractivity contribution >= 4 is 17.9 Å². The van der Waals surface area contributed by atoms with Gasteiger partial charge in [0.25, 0.3) is 0 Å². The third-order valence-electron chi connectivity index (χ3n) is 6.00. The third kappa shape index (κ3) is 17.7. The van der Waals surface area contributed by atoms with Gasteiger partial charge < -0.3 is 29.7 Å². The molecule has 0 saturated carbocycles. The number of carboxylic acids is 3. The van der Waals surface area contributed by atoms with E-state index in [-0.39, 0.29) is 5.60 Å². The second-order valence-corrected chi connectivity index (χ2v) is 10.1. The molecule has 0 aliphatic carbocycles. The van der Waals surface area contributed by atoms with Gasteiger partial charge in [-0.2, -0.15) is 39.5 Å². The Bertz CT molecular complexity index is 1000. The first-order chi connectivity index (χ1) is 20.4. The largest absolute Gasteiger partial charge is 0.490 e. The lowest BCUT2D eigenvalue weighted by Gasteiger charge is -2.31. The molecule has 0 bridgehead atoms. The van der Waals surface area contributed by atoms with Crippen LogP contribution in [0, 0.1) is 5.92 Å². The molecule has 2 fully saturated rings. The maximum Gasteiger partial charge on any atom is 0.490 e. The highest BCUT2D eigenvalue weighted by Gasteiger charge is 2.43. The number of halogens is 9. The van der Waals surface area contributed by atoms with Crippen LogP contribution in [0.1, 0.15) is 25.8 Å². The molecule has 1 aromatic rings. The molecule has 260 valence electrons. The van der Waals surface area contributed by atoms with Crippen molar-refractivity contribution in [3.63, 3.8) is 0 Å². The van der Waals surface area contributed by atoms with Crippen molar-refractivity contribution in [1.29, 1.82) is 0 Å². The first kappa shape index (κ1) is 41.8. The minimum absolute atomic E-state index is 0.138. The highest BCUT2D eigenvalue weighted by Crippen LogP contribution is 2.33. The number of rotatable bonds is 5. The van der Waals surface area contributed by atoms with Crippen molar-refractivity contribution in [2.45, 2.75) is 57.0 Å². The molecule has 0 aromatic carbocycles. The van der Waals surface area contributed by atoms with Gasteiger partial charge >= 0.3 is 36.4 Å². The van der Waals surface area contributed by atoms with E-state index >= 15 is 0 Å². The highest BCUT2D eigenvalue weighted by atomic mass is 19.4. The van der Waals surface area contributed by atoms with Crippen LogP contribution in [0.5, 0.6) is 0 Å². The van der Waals surface area contributed by atoms with Crippen LogP contribution in [0.3, 0.4) is 0 Å². The normalized spacial score (nSPS) is 20.6. The first-order valence-corrected chi connectivity index (χ1v) is 12.8. The van der Waals surface area contributed by atoms with Crippen LogP contribution in [0.2, 0.25) is 0 Å². The molecule has 0 radical (unpaired) electrons. The molecule has 3 N–H and O–H groups in total. The minimum Gasteiger partial charge on any atom is -0.475 e. The van der Waals surface area contributed by atoms with E-state index in [0.29, 0.717) is 12.0 Å². The van der Waals surface area contributed by atoms with Crippen molar-refractivity contribution in [1.82, 2.24) is 14.8 Å². The summed E-state index contributed by atoms with van der Waals surface area (Å²) in [6.07, 6.45) is -10.4. The van der Waals surface area contributed by atoms with Crippen LogP contribution in [-0.4, -0.2) is 125 Å². The molecule has 0 amide bonds. The predicted octanol–water partition coefficient (Wildman–Crippen LogP) is 3.93. The lowest BCUT2D eigenvalue weighted by molar-refractivity contribution is -0.193. The number of nitrogens with zero attached hydrogens (tertiary/aromatic N) is 3. The maximum absolute atomic E-state index is 10.6. The minimum atomic E-state index is -5.08. The third-order valence-corrected chi connectivity index (χ3v) is 6.00. The van der Waals surface area contributed by atoms with E-state index < -0.39 is 36.4 Å². The Balaban J connectivity index is 0.000000753. The van der Waals surface area contributed by atoms with Gasteiger partial charge in [-0.1, -0.05) is 6.07 Å². The van der Waals surface area contributed by atoms with Crippen molar-refractivity contribution in [3.8, 4) is 0 Å². The number of aliphatic carboxylic acids is 3. The molecule has 2 atom stereocenters. The predicted molar refractivity (Wildman–Crippen MR) is 136 cm³/mol. The van der Waals surface area contributed by atoms with Crippen LogP contribution >= 0.6 is 0 Å². The van der Waals surface area contributed by atoms with E-state index in [1.54, 1.807) is 0 Å². The van der Waals surface area contributed by atoms with Gasteiger partial charge in [0, 0.05) is 44.6 Å². The van der Waals surface area contributed by atoms with Crippen molar-refractivity contribution < 1.29 is 78.7 Å². The number of alkyl halides is 9. The Morgan fingerprint density at radius 3 is 1.89 bits per heavy atom. The fourth-order valence-electron chi connectivity index (χ4n) is 3.75. The van der Waals surface area contributed by atoms with Crippen LogP contribution in [-0.2, 0) is 30.4 Å². The molecule has 11 nitrogen and oxygen atoms in total. The summed E-state index contributed by atoms with van der Waals surface area (Å²) in [4.78, 5) is 35.8. The van der Waals surface area contributed by atoms with E-state index in [0.717, 1.165) is 52.4 Å². The Labute approximate surface area is 251 Å². The second-order valence-electron chi connectivity index (χ2n) is 10.1. The van der Waals surface area contributed by atoms with Gasteiger partial charge in [0.1, 0.15) is 5.60 Å². The van der Waals surface area contributed by atoms with Gasteiger partial charge in [0.2, 0.25) is 0 Å². The van der Waals surface area contributed by atoms with Gasteiger partial charge in [-0.25, -0.2) is 14.4 Å². The average molecular weight is 676 g/mol. The number of hydrogen-bond acceptors (Lipinski definition) is 8. The lowest BCUT2D eigenvalue weighted by Crippen LogP contribution is -2.44. The maximum atomic E-state index is 10.6. The molecule has 45 heavy (non-hydrogen) atoms. The quantitative estimate of drug-likeness (QED) is 0.390. The summed E-state index contributed by atoms with van der Waals surface area (Å²) in [6, 6.07) is 4.72. The van der Waals surface area contributed by atoms with Crippen LogP contribution in [0.25, 0.3) is 0 Å². The first-order valence-electron chi connectivity index (χ1n) is 12.8. The molecule has 2 aliphatic rings. The Hall–Kier alpha value is -3.23. The Morgan fingerprint density at radius 1 is 1.00 bits per heavy atom. The van der Waals surface area contributed by atoms with E-state index in [2.05, 4.69) is 41.7 Å². The fraction of sp³-hybridized carbons (Fsp3) is 0.680. The van der Waals surface area contributed by atoms with E-state index in [1.165, 1.54) is 5.56 Å². The van der Waals surface area contributed by atoms with Gasteiger partial charge in [-0.05, 0) is 44.9 Å². The van der Waals surface area contributed by atoms with E-state index in [4.69, 9.17) is 39.2 Å². The molecule has 2 unspecified atom stereocenters. The Morgan fingerprint density at radius 2 is 1.49 bits per heavy atom. The summed E-state index contributed by atoms with van der Waals surface area (Å²) in [5, 5.41) is 21.4. The lowest BCUT2D eigenvalue weighted by atomic mass is 9.93. The topological polar surface area (TPSA) is 150 Å². The summed E-state index contributed by atoms with van der Waals surface area (Å²) in [6.45, 7) is 10.8. The Kier molecular flexibility index (Phi) is 16.8. The molecule has 1 spiro atoms. The van der Waals surface area contributed by atoms with Gasteiger partial charge in [-0.3, -0.25) is 9.88 Å². The van der Waals surface area contributed by atoms with E-state index in [1.807, 2.05) is 18.5 Å². The summed E-state index contributed by atoms with van der Waals surface area (Å²) in [5.41, 5.74) is 1.12. The smallest absolute Gasteiger partial charge is 0.475 e. The van der Waals surface area contributed by atoms with Gasteiger partial charge in [0.05, 0.1) is 19.8 Å². The standard InChI is InChI=1S/C19H31N3O2.3C2HF3O2/c1-16(2)21(3)11-18-9-19(24-13-18)14-22(7-8-23-15-19)12-17-5-4-6-20-10-17;3*3-2(4,5)1(6)7/h4-6,10,16,18H,7-9,11-15H2,1-3H3;3*(H,6,7). The van der Waals surface area contributed by atoms with Crippen molar-refractivity contribution in [3.05, 3.63) is 30.1 Å². The molecular formula is C25H34F9N3O8.